The van der Waals surface area contributed by atoms with Gasteiger partial charge >= 0.3 is 0 Å². The van der Waals surface area contributed by atoms with Crippen LogP contribution < -0.4 is 10.1 Å². The summed E-state index contributed by atoms with van der Waals surface area (Å²) < 4.78 is 5.19. The monoisotopic (exact) mass is 287 g/mol. The number of piperidine rings is 1. The number of nitrogens with one attached hydrogen (secondary N) is 1. The van der Waals surface area contributed by atoms with Crippen LogP contribution in [-0.4, -0.2) is 38.7 Å². The first-order valence-corrected chi connectivity index (χ1v) is 7.70. The van der Waals surface area contributed by atoms with E-state index in [1.807, 2.05) is 19.2 Å². The molecule has 1 saturated heterocycles. The van der Waals surface area contributed by atoms with Crippen molar-refractivity contribution in [3.8, 4) is 11.8 Å². The molecule has 0 radical (unpaired) electrons. The van der Waals surface area contributed by atoms with Gasteiger partial charge in [0.15, 0.2) is 0 Å². The van der Waals surface area contributed by atoms with E-state index in [-0.39, 0.29) is 0 Å². The number of ether oxygens (including phenoxy) is 1. The predicted molar refractivity (Wildman–Crippen MR) is 84.3 cm³/mol. The van der Waals surface area contributed by atoms with Crippen molar-refractivity contribution in [2.24, 2.45) is 5.92 Å². The maximum absolute atomic E-state index is 9.15. The topological polar surface area (TPSA) is 48.3 Å². The van der Waals surface area contributed by atoms with Gasteiger partial charge in [-0.2, -0.15) is 5.26 Å². The largest absolute Gasteiger partial charge is 0.495 e. The molecule has 1 aromatic rings. The number of likely N-dealkylation sites (tertiary alicyclic amines) is 1. The second kappa shape index (κ2) is 8.02. The second-order valence-corrected chi connectivity index (χ2v) is 5.76. The van der Waals surface area contributed by atoms with Gasteiger partial charge in [0.05, 0.1) is 12.7 Å². The number of rotatable bonds is 6. The fourth-order valence-corrected chi connectivity index (χ4v) is 2.98. The second-order valence-electron chi connectivity index (χ2n) is 5.76. The molecule has 1 N–H and O–H groups in total. The van der Waals surface area contributed by atoms with Gasteiger partial charge in [0.1, 0.15) is 11.8 Å². The maximum atomic E-state index is 9.15. The molecule has 21 heavy (non-hydrogen) atoms. The Morgan fingerprint density at radius 1 is 1.38 bits per heavy atom. The number of hydrogen-bond acceptors (Lipinski definition) is 4. The molecule has 1 aliphatic heterocycles. The van der Waals surface area contributed by atoms with Crippen LogP contribution in [0.25, 0.3) is 0 Å². The molecule has 4 heteroatoms. The Bertz CT molecular complexity index is 487. The molecule has 4 nitrogen and oxygen atoms in total. The Hall–Kier alpha value is -1.57. The van der Waals surface area contributed by atoms with Gasteiger partial charge in [0, 0.05) is 6.54 Å². The smallest absolute Gasteiger partial charge is 0.136 e. The van der Waals surface area contributed by atoms with Gasteiger partial charge in [-0.25, -0.2) is 0 Å². The highest BCUT2D eigenvalue weighted by atomic mass is 16.5. The fraction of sp³-hybridized carbons (Fsp3) is 0.588. The van der Waals surface area contributed by atoms with E-state index >= 15 is 0 Å². The maximum Gasteiger partial charge on any atom is 0.136 e. The molecule has 0 spiro atoms. The van der Waals surface area contributed by atoms with Crippen molar-refractivity contribution in [3.05, 3.63) is 29.3 Å². The van der Waals surface area contributed by atoms with Crippen molar-refractivity contribution in [2.75, 3.05) is 33.8 Å². The molecule has 0 amide bonds. The first-order chi connectivity index (χ1) is 10.3. The number of nitriles is 1. The molecule has 1 heterocycles. The van der Waals surface area contributed by atoms with Gasteiger partial charge in [0.2, 0.25) is 0 Å². The van der Waals surface area contributed by atoms with Crippen LogP contribution in [0.5, 0.6) is 5.75 Å². The summed E-state index contributed by atoms with van der Waals surface area (Å²) >= 11 is 0. The van der Waals surface area contributed by atoms with E-state index in [9.17, 15) is 0 Å². The van der Waals surface area contributed by atoms with Crippen molar-refractivity contribution >= 4 is 0 Å². The van der Waals surface area contributed by atoms with Crippen LogP contribution in [0.3, 0.4) is 0 Å². The van der Waals surface area contributed by atoms with Crippen molar-refractivity contribution in [1.82, 2.24) is 10.2 Å². The van der Waals surface area contributed by atoms with Crippen LogP contribution in [0.15, 0.2) is 18.2 Å². The summed E-state index contributed by atoms with van der Waals surface area (Å²) in [4.78, 5) is 2.48. The molecule has 0 aromatic heterocycles. The van der Waals surface area contributed by atoms with Gasteiger partial charge in [-0.15, -0.1) is 0 Å². The number of methoxy groups -OCH3 is 1. The number of benzene rings is 1. The minimum atomic E-state index is 0.624. The van der Waals surface area contributed by atoms with Crippen molar-refractivity contribution in [1.29, 1.82) is 5.26 Å². The zero-order valence-corrected chi connectivity index (χ0v) is 13.1. The lowest BCUT2D eigenvalue weighted by atomic mass is 9.93. The van der Waals surface area contributed by atoms with Crippen LogP contribution in [0.4, 0.5) is 0 Å². The van der Waals surface area contributed by atoms with Crippen LogP contribution in [-0.2, 0) is 6.54 Å². The third kappa shape index (κ3) is 4.45. The summed E-state index contributed by atoms with van der Waals surface area (Å²) in [6.07, 6.45) is 3.84. The standard InChI is InChI=1S/C17H25N3O/c1-19-8-5-14-6-9-20(10-7-14)13-15-3-4-17(21-2)16(11-15)12-18/h3-4,11,14,19H,5-10,13H2,1-2H3. The number of nitrogens with zero attached hydrogens (tertiary/aromatic N) is 2. The lowest BCUT2D eigenvalue weighted by Crippen LogP contribution is -2.34. The molecule has 0 aliphatic carbocycles. The lowest BCUT2D eigenvalue weighted by Gasteiger charge is -2.32. The Morgan fingerprint density at radius 3 is 2.76 bits per heavy atom. The molecule has 1 fully saturated rings. The first kappa shape index (κ1) is 15.8. The average Bonchev–Trinajstić information content (AvgIpc) is 2.54. The minimum Gasteiger partial charge on any atom is -0.495 e. The van der Waals surface area contributed by atoms with Crippen molar-refractivity contribution in [2.45, 2.75) is 25.8 Å². The van der Waals surface area contributed by atoms with Crippen LogP contribution >= 0.6 is 0 Å². The van der Waals surface area contributed by atoms with E-state index in [1.165, 1.54) is 24.8 Å². The summed E-state index contributed by atoms with van der Waals surface area (Å²) in [5.41, 5.74) is 1.82. The molecule has 114 valence electrons. The third-order valence-corrected chi connectivity index (χ3v) is 4.30. The summed E-state index contributed by atoms with van der Waals surface area (Å²) in [7, 11) is 3.62. The van der Waals surface area contributed by atoms with E-state index in [2.05, 4.69) is 22.4 Å². The van der Waals surface area contributed by atoms with E-state index in [0.29, 0.717) is 11.3 Å². The minimum absolute atomic E-state index is 0.624. The van der Waals surface area contributed by atoms with Crippen molar-refractivity contribution in [3.63, 3.8) is 0 Å². The molecule has 2 rings (SSSR count). The molecule has 0 saturated carbocycles. The van der Waals surface area contributed by atoms with Gasteiger partial charge in [-0.05, 0) is 69.6 Å². The van der Waals surface area contributed by atoms with Gasteiger partial charge in [-0.1, -0.05) is 6.07 Å². The quantitative estimate of drug-likeness (QED) is 0.873. The van der Waals surface area contributed by atoms with Crippen LogP contribution in [0.1, 0.15) is 30.4 Å². The van der Waals surface area contributed by atoms with Gasteiger partial charge < -0.3 is 10.1 Å². The molecular formula is C17H25N3O. The molecule has 0 atom stereocenters. The molecular weight excluding hydrogens is 262 g/mol. The SMILES string of the molecule is CNCCC1CCN(Cc2ccc(OC)c(C#N)c2)CC1. The molecule has 1 aromatic carbocycles. The highest BCUT2D eigenvalue weighted by molar-refractivity contribution is 5.45. The highest BCUT2D eigenvalue weighted by Crippen LogP contribution is 2.23. The van der Waals surface area contributed by atoms with Gasteiger partial charge in [0.25, 0.3) is 0 Å². The van der Waals surface area contributed by atoms with E-state index in [1.54, 1.807) is 7.11 Å². The summed E-state index contributed by atoms with van der Waals surface area (Å²) in [6, 6.07) is 8.11. The molecule has 0 unspecified atom stereocenters. The molecule has 0 bridgehead atoms. The van der Waals surface area contributed by atoms with Crippen LogP contribution in [0.2, 0.25) is 0 Å². The summed E-state index contributed by atoms with van der Waals surface area (Å²) in [5.74, 6) is 1.52. The Labute approximate surface area is 127 Å². The van der Waals surface area contributed by atoms with Crippen molar-refractivity contribution < 1.29 is 4.74 Å². The Balaban J connectivity index is 1.87. The summed E-state index contributed by atoms with van der Waals surface area (Å²) in [6.45, 7) is 4.36. The summed E-state index contributed by atoms with van der Waals surface area (Å²) in [5, 5.41) is 12.4. The number of hydrogen-bond donors (Lipinski definition) is 1. The first-order valence-electron chi connectivity index (χ1n) is 7.70. The Kier molecular flexibility index (Phi) is 6.04. The highest BCUT2D eigenvalue weighted by Gasteiger charge is 2.19. The van der Waals surface area contributed by atoms with Crippen LogP contribution in [0, 0.1) is 17.2 Å². The normalized spacial score (nSPS) is 16.6. The molecule has 1 aliphatic rings. The Morgan fingerprint density at radius 2 is 2.14 bits per heavy atom. The lowest BCUT2D eigenvalue weighted by molar-refractivity contribution is 0.172. The fourth-order valence-electron chi connectivity index (χ4n) is 2.98. The zero-order valence-electron chi connectivity index (χ0n) is 13.1. The van der Waals surface area contributed by atoms with E-state index < -0.39 is 0 Å². The third-order valence-electron chi connectivity index (χ3n) is 4.30. The average molecular weight is 287 g/mol. The predicted octanol–water partition coefficient (Wildman–Crippen LogP) is 2.39. The van der Waals surface area contributed by atoms with E-state index in [0.717, 1.165) is 32.1 Å². The van der Waals surface area contributed by atoms with E-state index in [4.69, 9.17) is 10.00 Å². The zero-order chi connectivity index (χ0) is 15.1. The van der Waals surface area contributed by atoms with Gasteiger partial charge in [-0.3, -0.25) is 4.90 Å².